The highest BCUT2D eigenvalue weighted by molar-refractivity contribution is 6.02. The molecular formula is C15H13NO4. The summed E-state index contributed by atoms with van der Waals surface area (Å²) >= 11 is 0. The Hall–Kier alpha value is -2.82. The number of benzene rings is 2. The molecule has 102 valence electrons. The van der Waals surface area contributed by atoms with Crippen molar-refractivity contribution < 1.29 is 19.4 Å². The number of aliphatic carboxylic acids is 1. The van der Waals surface area contributed by atoms with Crippen molar-refractivity contribution in [3.8, 4) is 11.5 Å². The van der Waals surface area contributed by atoms with Crippen molar-refractivity contribution in [3.05, 3.63) is 54.6 Å². The highest BCUT2D eigenvalue weighted by Gasteiger charge is 2.11. The molecule has 0 aliphatic heterocycles. The third kappa shape index (κ3) is 3.84. The lowest BCUT2D eigenvalue weighted by molar-refractivity contribution is -0.139. The third-order valence-corrected chi connectivity index (χ3v) is 2.44. The normalized spacial score (nSPS) is 9.80. The second kappa shape index (κ2) is 6.38. The SMILES string of the molecule is O=C(O)CC(=O)Nc1ccccc1Oc1ccccc1. The second-order valence-electron chi connectivity index (χ2n) is 4.03. The summed E-state index contributed by atoms with van der Waals surface area (Å²) in [7, 11) is 0. The van der Waals surface area contributed by atoms with Crippen LogP contribution in [0, 0.1) is 0 Å². The number of carboxylic acid groups (broad SMARTS) is 1. The maximum absolute atomic E-state index is 11.5. The van der Waals surface area contributed by atoms with Crippen molar-refractivity contribution in [2.75, 3.05) is 5.32 Å². The van der Waals surface area contributed by atoms with E-state index >= 15 is 0 Å². The fourth-order valence-corrected chi connectivity index (χ4v) is 1.61. The molecule has 1 amide bonds. The summed E-state index contributed by atoms with van der Waals surface area (Å²) < 4.78 is 5.65. The van der Waals surface area contributed by atoms with Crippen molar-refractivity contribution in [1.82, 2.24) is 0 Å². The van der Waals surface area contributed by atoms with Gasteiger partial charge in [0.25, 0.3) is 0 Å². The van der Waals surface area contributed by atoms with E-state index in [0.717, 1.165) is 0 Å². The number of rotatable bonds is 5. The fraction of sp³-hybridized carbons (Fsp3) is 0.0667. The Balaban J connectivity index is 2.14. The molecule has 0 unspecified atom stereocenters. The van der Waals surface area contributed by atoms with Crippen molar-refractivity contribution in [3.63, 3.8) is 0 Å². The lowest BCUT2D eigenvalue weighted by Gasteiger charge is -2.11. The van der Waals surface area contributed by atoms with Gasteiger partial charge in [0.2, 0.25) is 5.91 Å². The van der Waals surface area contributed by atoms with E-state index in [1.807, 2.05) is 18.2 Å². The molecule has 0 atom stereocenters. The van der Waals surface area contributed by atoms with Crippen LogP contribution >= 0.6 is 0 Å². The van der Waals surface area contributed by atoms with Crippen LogP contribution in [-0.2, 0) is 9.59 Å². The number of anilines is 1. The van der Waals surface area contributed by atoms with Crippen LogP contribution in [0.1, 0.15) is 6.42 Å². The topological polar surface area (TPSA) is 75.6 Å². The van der Waals surface area contributed by atoms with Crippen LogP contribution in [0.3, 0.4) is 0 Å². The minimum absolute atomic E-state index is 0.433. The average molecular weight is 271 g/mol. The van der Waals surface area contributed by atoms with Crippen LogP contribution in [-0.4, -0.2) is 17.0 Å². The molecule has 0 spiro atoms. The van der Waals surface area contributed by atoms with E-state index in [-0.39, 0.29) is 0 Å². The fourth-order valence-electron chi connectivity index (χ4n) is 1.61. The molecule has 0 heterocycles. The van der Waals surface area contributed by atoms with Gasteiger partial charge in [0, 0.05) is 0 Å². The van der Waals surface area contributed by atoms with Crippen molar-refractivity contribution in [2.45, 2.75) is 6.42 Å². The third-order valence-electron chi connectivity index (χ3n) is 2.44. The Labute approximate surface area is 115 Å². The predicted octanol–water partition coefficient (Wildman–Crippen LogP) is 2.89. The molecule has 2 aromatic rings. The first-order valence-electron chi connectivity index (χ1n) is 5.99. The Bertz CT molecular complexity index is 610. The highest BCUT2D eigenvalue weighted by atomic mass is 16.5. The Kier molecular flexibility index (Phi) is 4.34. The van der Waals surface area contributed by atoms with Gasteiger partial charge in [0.15, 0.2) is 5.75 Å². The number of para-hydroxylation sites is 3. The maximum Gasteiger partial charge on any atom is 0.312 e. The van der Waals surface area contributed by atoms with Gasteiger partial charge in [0.05, 0.1) is 5.69 Å². The number of carbonyl (C=O) groups is 2. The summed E-state index contributed by atoms with van der Waals surface area (Å²) in [5.74, 6) is -0.685. The molecular weight excluding hydrogens is 258 g/mol. The Morgan fingerprint density at radius 1 is 1.00 bits per heavy atom. The van der Waals surface area contributed by atoms with Gasteiger partial charge in [0.1, 0.15) is 12.2 Å². The Morgan fingerprint density at radius 2 is 1.65 bits per heavy atom. The molecule has 5 nitrogen and oxygen atoms in total. The number of nitrogens with one attached hydrogen (secondary N) is 1. The van der Waals surface area contributed by atoms with Crippen molar-refractivity contribution >= 4 is 17.6 Å². The second-order valence-corrected chi connectivity index (χ2v) is 4.03. The number of hydrogen-bond donors (Lipinski definition) is 2. The molecule has 0 saturated heterocycles. The molecule has 5 heteroatoms. The lowest BCUT2D eigenvalue weighted by Crippen LogP contribution is -2.16. The smallest absolute Gasteiger partial charge is 0.312 e. The van der Waals surface area contributed by atoms with Crippen LogP contribution in [0.25, 0.3) is 0 Å². The summed E-state index contributed by atoms with van der Waals surface area (Å²) in [5, 5.41) is 11.1. The minimum Gasteiger partial charge on any atom is -0.481 e. The quantitative estimate of drug-likeness (QED) is 0.820. The van der Waals surface area contributed by atoms with E-state index < -0.39 is 18.3 Å². The number of carboxylic acids is 1. The summed E-state index contributed by atoms with van der Waals surface area (Å²) in [5.41, 5.74) is 0.433. The summed E-state index contributed by atoms with van der Waals surface area (Å²) in [6.45, 7) is 0. The van der Waals surface area contributed by atoms with Gasteiger partial charge >= 0.3 is 5.97 Å². The highest BCUT2D eigenvalue weighted by Crippen LogP contribution is 2.29. The van der Waals surface area contributed by atoms with Crippen LogP contribution in [0.2, 0.25) is 0 Å². The van der Waals surface area contributed by atoms with E-state index in [9.17, 15) is 9.59 Å². The standard InChI is InChI=1S/C15H13NO4/c17-14(10-15(18)19)16-12-8-4-5-9-13(12)20-11-6-2-1-3-7-11/h1-9H,10H2,(H,16,17)(H,18,19). The van der Waals surface area contributed by atoms with E-state index in [4.69, 9.17) is 9.84 Å². The molecule has 0 aromatic heterocycles. The van der Waals surface area contributed by atoms with Gasteiger partial charge in [-0.15, -0.1) is 0 Å². The largest absolute Gasteiger partial charge is 0.481 e. The van der Waals surface area contributed by atoms with Crippen molar-refractivity contribution in [1.29, 1.82) is 0 Å². The van der Waals surface area contributed by atoms with Gasteiger partial charge in [-0.05, 0) is 24.3 Å². The van der Waals surface area contributed by atoms with Gasteiger partial charge in [-0.25, -0.2) is 0 Å². The molecule has 0 bridgehead atoms. The first-order valence-corrected chi connectivity index (χ1v) is 5.99. The van der Waals surface area contributed by atoms with Crippen molar-refractivity contribution in [2.24, 2.45) is 0 Å². The van der Waals surface area contributed by atoms with Crippen LogP contribution in [0.4, 0.5) is 5.69 Å². The number of amides is 1. The predicted molar refractivity (Wildman–Crippen MR) is 73.8 cm³/mol. The number of ether oxygens (including phenoxy) is 1. The lowest BCUT2D eigenvalue weighted by atomic mass is 10.2. The minimum atomic E-state index is -1.18. The van der Waals surface area contributed by atoms with Crippen LogP contribution in [0.5, 0.6) is 11.5 Å². The zero-order chi connectivity index (χ0) is 14.4. The first-order chi connectivity index (χ1) is 9.65. The number of hydrogen-bond acceptors (Lipinski definition) is 3. The summed E-state index contributed by atoms with van der Waals surface area (Å²) in [6, 6.07) is 16.0. The van der Waals surface area contributed by atoms with Gasteiger partial charge < -0.3 is 15.2 Å². The van der Waals surface area contributed by atoms with E-state index in [1.165, 1.54) is 0 Å². The molecule has 2 N–H and O–H groups in total. The molecule has 0 fully saturated rings. The average Bonchev–Trinajstić information content (AvgIpc) is 2.41. The summed E-state index contributed by atoms with van der Waals surface area (Å²) in [6.07, 6.45) is -0.584. The molecule has 2 rings (SSSR count). The molecule has 0 radical (unpaired) electrons. The first kappa shape index (κ1) is 13.6. The summed E-state index contributed by atoms with van der Waals surface area (Å²) in [4.78, 5) is 22.0. The van der Waals surface area contributed by atoms with E-state index in [1.54, 1.807) is 36.4 Å². The molecule has 0 aliphatic rings. The van der Waals surface area contributed by atoms with Crippen LogP contribution in [0.15, 0.2) is 54.6 Å². The maximum atomic E-state index is 11.5. The monoisotopic (exact) mass is 271 g/mol. The van der Waals surface area contributed by atoms with E-state index in [2.05, 4.69) is 5.32 Å². The van der Waals surface area contributed by atoms with Gasteiger partial charge in [-0.2, -0.15) is 0 Å². The molecule has 0 aliphatic carbocycles. The zero-order valence-electron chi connectivity index (χ0n) is 10.6. The van der Waals surface area contributed by atoms with Gasteiger partial charge in [-0.1, -0.05) is 30.3 Å². The van der Waals surface area contributed by atoms with Crippen LogP contribution < -0.4 is 10.1 Å². The zero-order valence-corrected chi connectivity index (χ0v) is 10.6. The Morgan fingerprint density at radius 3 is 2.35 bits per heavy atom. The molecule has 0 saturated carbocycles. The van der Waals surface area contributed by atoms with E-state index in [0.29, 0.717) is 17.2 Å². The molecule has 2 aromatic carbocycles. The number of carbonyl (C=O) groups excluding carboxylic acids is 1. The van der Waals surface area contributed by atoms with Gasteiger partial charge in [-0.3, -0.25) is 9.59 Å². The molecule has 20 heavy (non-hydrogen) atoms.